The lowest BCUT2D eigenvalue weighted by Crippen LogP contribution is -2.22. The number of rotatable bonds is 1. The molecule has 0 aliphatic heterocycles. The van der Waals surface area contributed by atoms with Crippen molar-refractivity contribution in [3.8, 4) is 0 Å². The van der Waals surface area contributed by atoms with Gasteiger partial charge in [0.15, 0.2) is 0 Å². The van der Waals surface area contributed by atoms with Gasteiger partial charge < -0.3 is 5.11 Å². The summed E-state index contributed by atoms with van der Waals surface area (Å²) >= 11 is 0. The third-order valence-electron chi connectivity index (χ3n) is 4.74. The van der Waals surface area contributed by atoms with Gasteiger partial charge in [0.2, 0.25) is 0 Å². The molecule has 1 fully saturated rings. The Balaban J connectivity index is 2.00. The van der Waals surface area contributed by atoms with Crippen molar-refractivity contribution in [3.63, 3.8) is 0 Å². The minimum absolute atomic E-state index is 0.160. The summed E-state index contributed by atoms with van der Waals surface area (Å²) in [5.41, 5.74) is 1.57. The fraction of sp³-hybridized carbons (Fsp3) is 0.867. The molecule has 0 aromatic rings. The quantitative estimate of drug-likeness (QED) is 0.667. The Hall–Kier alpha value is -0.300. The van der Waals surface area contributed by atoms with Gasteiger partial charge in [0.05, 0.1) is 6.10 Å². The number of allylic oxidation sites excluding steroid dienone is 1. The van der Waals surface area contributed by atoms with Crippen LogP contribution in [-0.4, -0.2) is 11.2 Å². The lowest BCUT2D eigenvalue weighted by Gasteiger charge is -2.33. The van der Waals surface area contributed by atoms with Crippen molar-refractivity contribution in [1.29, 1.82) is 0 Å². The van der Waals surface area contributed by atoms with E-state index in [0.717, 1.165) is 24.2 Å². The second-order valence-electron chi connectivity index (χ2n) is 6.02. The first-order chi connectivity index (χ1) is 7.66. The van der Waals surface area contributed by atoms with Gasteiger partial charge in [-0.1, -0.05) is 31.9 Å². The lowest BCUT2D eigenvalue weighted by molar-refractivity contribution is 0.206. The fourth-order valence-electron chi connectivity index (χ4n) is 3.32. The van der Waals surface area contributed by atoms with E-state index in [2.05, 4.69) is 19.9 Å². The van der Waals surface area contributed by atoms with Gasteiger partial charge in [-0.3, -0.25) is 0 Å². The molecule has 0 amide bonds. The van der Waals surface area contributed by atoms with E-state index in [1.54, 1.807) is 5.57 Å². The van der Waals surface area contributed by atoms with Gasteiger partial charge in [0.25, 0.3) is 0 Å². The molecule has 1 nitrogen and oxygen atoms in total. The summed E-state index contributed by atoms with van der Waals surface area (Å²) in [5.74, 6) is 2.53. The lowest BCUT2D eigenvalue weighted by atomic mass is 9.72. The van der Waals surface area contributed by atoms with E-state index in [1.165, 1.54) is 38.5 Å². The SMILES string of the molecule is CC1CCC(C2=CC(O)CCCC2)CC1C. The highest BCUT2D eigenvalue weighted by Crippen LogP contribution is 2.39. The Labute approximate surface area is 99.9 Å². The normalized spacial score (nSPS) is 41.3. The topological polar surface area (TPSA) is 20.2 Å². The van der Waals surface area contributed by atoms with Gasteiger partial charge in [-0.2, -0.15) is 0 Å². The zero-order valence-electron chi connectivity index (χ0n) is 10.8. The molecule has 0 heterocycles. The summed E-state index contributed by atoms with van der Waals surface area (Å²) < 4.78 is 0. The zero-order valence-corrected chi connectivity index (χ0v) is 10.8. The van der Waals surface area contributed by atoms with Crippen molar-refractivity contribution in [1.82, 2.24) is 0 Å². The van der Waals surface area contributed by atoms with Crippen LogP contribution in [0.4, 0.5) is 0 Å². The molecule has 0 saturated heterocycles. The van der Waals surface area contributed by atoms with Crippen molar-refractivity contribution in [2.24, 2.45) is 17.8 Å². The standard InChI is InChI=1S/C15H26O/c1-11-7-8-14(9-12(11)2)13-5-3-4-6-15(16)10-13/h10-12,14-16H,3-9H2,1-2H3. The summed E-state index contributed by atoms with van der Waals surface area (Å²) in [6.07, 6.45) is 10.8. The molecule has 16 heavy (non-hydrogen) atoms. The highest BCUT2D eigenvalue weighted by Gasteiger charge is 2.27. The molecule has 2 aliphatic rings. The highest BCUT2D eigenvalue weighted by atomic mass is 16.3. The molecule has 92 valence electrons. The van der Waals surface area contributed by atoms with E-state index in [-0.39, 0.29) is 6.10 Å². The Bertz CT molecular complexity index is 256. The molecule has 1 heteroatoms. The average Bonchev–Trinajstić information content (AvgIpc) is 2.47. The zero-order chi connectivity index (χ0) is 11.5. The van der Waals surface area contributed by atoms with Gasteiger partial charge in [-0.15, -0.1) is 0 Å². The third kappa shape index (κ3) is 2.88. The monoisotopic (exact) mass is 222 g/mol. The van der Waals surface area contributed by atoms with Crippen LogP contribution in [0.25, 0.3) is 0 Å². The van der Waals surface area contributed by atoms with Gasteiger partial charge in [-0.25, -0.2) is 0 Å². The summed E-state index contributed by atoms with van der Waals surface area (Å²) in [5, 5.41) is 9.83. The molecule has 0 aromatic carbocycles. The molecule has 0 aromatic heterocycles. The predicted molar refractivity (Wildman–Crippen MR) is 68.2 cm³/mol. The average molecular weight is 222 g/mol. The van der Waals surface area contributed by atoms with Crippen molar-refractivity contribution >= 4 is 0 Å². The maximum Gasteiger partial charge on any atom is 0.0723 e. The molecule has 2 rings (SSSR count). The molecule has 4 atom stereocenters. The molecule has 1 N–H and O–H groups in total. The minimum atomic E-state index is -0.160. The fourth-order valence-corrected chi connectivity index (χ4v) is 3.32. The van der Waals surface area contributed by atoms with Crippen LogP contribution in [-0.2, 0) is 0 Å². The van der Waals surface area contributed by atoms with E-state index in [1.807, 2.05) is 0 Å². The molecule has 0 bridgehead atoms. The maximum absolute atomic E-state index is 9.83. The summed E-state index contributed by atoms with van der Waals surface area (Å²) in [4.78, 5) is 0. The minimum Gasteiger partial charge on any atom is -0.389 e. The Kier molecular flexibility index (Phi) is 4.07. The van der Waals surface area contributed by atoms with Crippen LogP contribution < -0.4 is 0 Å². The number of aliphatic hydroxyl groups is 1. The smallest absolute Gasteiger partial charge is 0.0723 e. The summed E-state index contributed by atoms with van der Waals surface area (Å²) in [6, 6.07) is 0. The Morgan fingerprint density at radius 3 is 2.62 bits per heavy atom. The molecular weight excluding hydrogens is 196 g/mol. The van der Waals surface area contributed by atoms with Crippen molar-refractivity contribution in [2.75, 3.05) is 0 Å². The van der Waals surface area contributed by atoms with Crippen LogP contribution in [0.2, 0.25) is 0 Å². The van der Waals surface area contributed by atoms with Gasteiger partial charge >= 0.3 is 0 Å². The third-order valence-corrected chi connectivity index (χ3v) is 4.74. The van der Waals surface area contributed by atoms with Crippen LogP contribution in [0.3, 0.4) is 0 Å². The molecule has 0 spiro atoms. The van der Waals surface area contributed by atoms with Gasteiger partial charge in [-0.05, 0) is 56.3 Å². The first-order valence-corrected chi connectivity index (χ1v) is 7.05. The highest BCUT2D eigenvalue weighted by molar-refractivity contribution is 5.12. The summed E-state index contributed by atoms with van der Waals surface area (Å²) in [6.45, 7) is 4.78. The molecule has 4 unspecified atom stereocenters. The molecule has 1 saturated carbocycles. The van der Waals surface area contributed by atoms with E-state index in [0.29, 0.717) is 0 Å². The van der Waals surface area contributed by atoms with Crippen molar-refractivity contribution < 1.29 is 5.11 Å². The van der Waals surface area contributed by atoms with E-state index < -0.39 is 0 Å². The largest absolute Gasteiger partial charge is 0.389 e. The summed E-state index contributed by atoms with van der Waals surface area (Å²) in [7, 11) is 0. The molecular formula is C15H26O. The number of hydrogen-bond acceptors (Lipinski definition) is 1. The second kappa shape index (κ2) is 5.35. The van der Waals surface area contributed by atoms with Crippen LogP contribution in [0.5, 0.6) is 0 Å². The number of aliphatic hydroxyl groups excluding tert-OH is 1. The molecule has 2 aliphatic carbocycles. The first kappa shape index (κ1) is 12.2. The van der Waals surface area contributed by atoms with Crippen molar-refractivity contribution in [2.45, 2.75) is 64.9 Å². The molecule has 0 radical (unpaired) electrons. The van der Waals surface area contributed by atoms with E-state index >= 15 is 0 Å². The Morgan fingerprint density at radius 1 is 1.06 bits per heavy atom. The van der Waals surface area contributed by atoms with E-state index in [9.17, 15) is 5.11 Å². The van der Waals surface area contributed by atoms with Crippen LogP contribution in [0, 0.1) is 17.8 Å². The van der Waals surface area contributed by atoms with E-state index in [4.69, 9.17) is 0 Å². The van der Waals surface area contributed by atoms with Crippen LogP contribution >= 0.6 is 0 Å². The maximum atomic E-state index is 9.83. The second-order valence-corrected chi connectivity index (χ2v) is 6.02. The first-order valence-electron chi connectivity index (χ1n) is 7.05. The van der Waals surface area contributed by atoms with Gasteiger partial charge in [0.1, 0.15) is 0 Å². The number of hydrogen-bond donors (Lipinski definition) is 1. The van der Waals surface area contributed by atoms with Crippen LogP contribution in [0.15, 0.2) is 11.6 Å². The van der Waals surface area contributed by atoms with Gasteiger partial charge in [0, 0.05) is 0 Å². The predicted octanol–water partition coefficient (Wildman–Crippen LogP) is 3.92. The van der Waals surface area contributed by atoms with Crippen molar-refractivity contribution in [3.05, 3.63) is 11.6 Å². The van der Waals surface area contributed by atoms with Crippen LogP contribution in [0.1, 0.15) is 58.8 Å². The Morgan fingerprint density at radius 2 is 1.88 bits per heavy atom.